The second-order valence-electron chi connectivity index (χ2n) is 7.37. The van der Waals surface area contributed by atoms with Crippen LogP contribution in [0.4, 0.5) is 4.79 Å². The molecule has 0 aromatic heterocycles. The van der Waals surface area contributed by atoms with Crippen molar-refractivity contribution in [2.24, 2.45) is 5.92 Å². The summed E-state index contributed by atoms with van der Waals surface area (Å²) in [6, 6.07) is 6.61. The molecule has 1 aliphatic rings. The highest BCUT2D eigenvalue weighted by molar-refractivity contribution is 5.96. The minimum Gasteiger partial charge on any atom is -0.456 e. The number of carbonyl (C=O) groups is 4. The normalized spacial score (nSPS) is 18.4. The quantitative estimate of drug-likeness (QED) is 0.603. The largest absolute Gasteiger partial charge is 0.456 e. The van der Waals surface area contributed by atoms with Crippen LogP contribution in [0, 0.1) is 12.8 Å². The summed E-state index contributed by atoms with van der Waals surface area (Å²) in [5.74, 6) is -1.23. The number of carbonyl (C=O) groups excluding carboxylic acids is 4. The van der Waals surface area contributed by atoms with Gasteiger partial charge < -0.3 is 15.4 Å². The summed E-state index contributed by atoms with van der Waals surface area (Å²) in [7, 11) is 0. The SMILES string of the molecule is Cc1ccccc1C(=O)NCCC(=O)OCC(=O)NC(=O)NC1CCCCC1C. The fraction of sp³-hybridized carbons (Fsp3) is 0.524. The number of rotatable bonds is 7. The predicted octanol–water partition coefficient (Wildman–Crippen LogP) is 2.06. The minimum absolute atomic E-state index is 0.0518. The van der Waals surface area contributed by atoms with Crippen LogP contribution in [-0.2, 0) is 14.3 Å². The number of aryl methyl sites for hydroxylation is 1. The number of urea groups is 1. The molecule has 2 rings (SSSR count). The molecule has 158 valence electrons. The standard InChI is InChI=1S/C21H29N3O5/c1-14-7-3-5-9-16(14)20(27)22-12-11-19(26)29-13-18(25)24-21(28)23-17-10-6-4-8-15(17)2/h3,5,7,9,15,17H,4,6,8,10-13H2,1-2H3,(H,22,27)(H2,23,24,25,28). The average Bonchev–Trinajstić information content (AvgIpc) is 2.68. The molecule has 0 radical (unpaired) electrons. The van der Waals surface area contributed by atoms with Gasteiger partial charge in [0.15, 0.2) is 6.61 Å². The first-order valence-corrected chi connectivity index (χ1v) is 9.96. The predicted molar refractivity (Wildman–Crippen MR) is 107 cm³/mol. The van der Waals surface area contributed by atoms with Crippen LogP contribution in [0.5, 0.6) is 0 Å². The lowest BCUT2D eigenvalue weighted by Gasteiger charge is -2.29. The number of benzene rings is 1. The third-order valence-electron chi connectivity index (χ3n) is 5.05. The minimum atomic E-state index is -0.691. The van der Waals surface area contributed by atoms with E-state index < -0.39 is 24.5 Å². The molecule has 1 aliphatic carbocycles. The molecule has 8 heteroatoms. The highest BCUT2D eigenvalue weighted by Crippen LogP contribution is 2.23. The Hall–Kier alpha value is -2.90. The zero-order valence-electron chi connectivity index (χ0n) is 17.0. The van der Waals surface area contributed by atoms with Crippen molar-refractivity contribution >= 4 is 23.8 Å². The van der Waals surface area contributed by atoms with Gasteiger partial charge in [-0.3, -0.25) is 19.7 Å². The van der Waals surface area contributed by atoms with Gasteiger partial charge in [-0.25, -0.2) is 4.79 Å². The van der Waals surface area contributed by atoms with E-state index in [0.29, 0.717) is 11.5 Å². The van der Waals surface area contributed by atoms with Crippen molar-refractivity contribution in [3.8, 4) is 0 Å². The average molecular weight is 403 g/mol. The summed E-state index contributed by atoms with van der Waals surface area (Å²) >= 11 is 0. The van der Waals surface area contributed by atoms with Crippen LogP contribution in [0.25, 0.3) is 0 Å². The molecule has 29 heavy (non-hydrogen) atoms. The van der Waals surface area contributed by atoms with E-state index in [0.717, 1.165) is 31.2 Å². The fourth-order valence-corrected chi connectivity index (χ4v) is 3.32. The maximum Gasteiger partial charge on any atom is 0.321 e. The van der Waals surface area contributed by atoms with Gasteiger partial charge in [0.2, 0.25) is 0 Å². The van der Waals surface area contributed by atoms with Crippen molar-refractivity contribution in [2.75, 3.05) is 13.2 Å². The van der Waals surface area contributed by atoms with Crippen molar-refractivity contribution in [2.45, 2.75) is 52.0 Å². The lowest BCUT2D eigenvalue weighted by atomic mass is 9.86. The topological polar surface area (TPSA) is 114 Å². The molecule has 1 fully saturated rings. The number of ether oxygens (including phenoxy) is 1. The number of nitrogens with one attached hydrogen (secondary N) is 3. The molecular formula is C21H29N3O5. The second-order valence-corrected chi connectivity index (χ2v) is 7.37. The number of esters is 1. The van der Waals surface area contributed by atoms with Gasteiger partial charge >= 0.3 is 12.0 Å². The molecule has 0 bridgehead atoms. The molecule has 0 spiro atoms. The van der Waals surface area contributed by atoms with Gasteiger partial charge in [-0.15, -0.1) is 0 Å². The smallest absolute Gasteiger partial charge is 0.321 e. The van der Waals surface area contributed by atoms with Crippen LogP contribution in [0.1, 0.15) is 54.9 Å². The van der Waals surface area contributed by atoms with Crippen LogP contribution < -0.4 is 16.0 Å². The summed E-state index contributed by atoms with van der Waals surface area (Å²) in [6.45, 7) is 3.45. The lowest BCUT2D eigenvalue weighted by Crippen LogP contribution is -2.48. The van der Waals surface area contributed by atoms with Gasteiger partial charge in [0.05, 0.1) is 6.42 Å². The summed E-state index contributed by atoms with van der Waals surface area (Å²) in [5, 5.41) is 7.60. The van der Waals surface area contributed by atoms with Gasteiger partial charge in [-0.1, -0.05) is 38.0 Å². The first-order valence-electron chi connectivity index (χ1n) is 9.96. The van der Waals surface area contributed by atoms with E-state index in [9.17, 15) is 19.2 Å². The van der Waals surface area contributed by atoms with E-state index in [4.69, 9.17) is 4.74 Å². The van der Waals surface area contributed by atoms with E-state index >= 15 is 0 Å². The Morgan fingerprint density at radius 1 is 1.10 bits per heavy atom. The van der Waals surface area contributed by atoms with Gasteiger partial charge in [-0.05, 0) is 37.3 Å². The van der Waals surface area contributed by atoms with Crippen molar-refractivity contribution < 1.29 is 23.9 Å². The van der Waals surface area contributed by atoms with Crippen molar-refractivity contribution in [3.63, 3.8) is 0 Å². The Morgan fingerprint density at radius 3 is 2.55 bits per heavy atom. The number of hydrogen-bond donors (Lipinski definition) is 3. The Kier molecular flexibility index (Phi) is 8.64. The van der Waals surface area contributed by atoms with E-state index in [2.05, 4.69) is 22.9 Å². The van der Waals surface area contributed by atoms with Crippen molar-refractivity contribution in [3.05, 3.63) is 35.4 Å². The van der Waals surface area contributed by atoms with Gasteiger partial charge in [0.25, 0.3) is 11.8 Å². The molecule has 2 unspecified atom stereocenters. The van der Waals surface area contributed by atoms with Gasteiger partial charge in [0, 0.05) is 18.2 Å². The molecule has 4 amide bonds. The first kappa shape index (κ1) is 22.4. The maximum atomic E-state index is 12.0. The fourth-order valence-electron chi connectivity index (χ4n) is 3.32. The number of imide groups is 1. The first-order chi connectivity index (χ1) is 13.9. The Bertz CT molecular complexity index is 750. The van der Waals surface area contributed by atoms with Gasteiger partial charge in [0.1, 0.15) is 0 Å². The summed E-state index contributed by atoms with van der Waals surface area (Å²) in [5.41, 5.74) is 1.38. The molecule has 1 saturated carbocycles. The zero-order chi connectivity index (χ0) is 21.2. The van der Waals surface area contributed by atoms with Crippen LogP contribution in [0.3, 0.4) is 0 Å². The van der Waals surface area contributed by atoms with Crippen LogP contribution in [-0.4, -0.2) is 43.0 Å². The molecule has 0 aliphatic heterocycles. The molecule has 2 atom stereocenters. The van der Waals surface area contributed by atoms with Crippen molar-refractivity contribution in [1.29, 1.82) is 0 Å². The van der Waals surface area contributed by atoms with E-state index in [1.54, 1.807) is 12.1 Å². The summed E-state index contributed by atoms with van der Waals surface area (Å²) in [6.07, 6.45) is 4.09. The summed E-state index contributed by atoms with van der Waals surface area (Å²) in [4.78, 5) is 47.4. The molecular weight excluding hydrogens is 374 g/mol. The highest BCUT2D eigenvalue weighted by Gasteiger charge is 2.23. The molecule has 0 heterocycles. The number of hydrogen-bond acceptors (Lipinski definition) is 5. The Labute approximate surface area is 170 Å². The van der Waals surface area contributed by atoms with Crippen molar-refractivity contribution in [1.82, 2.24) is 16.0 Å². The third-order valence-corrected chi connectivity index (χ3v) is 5.05. The second kappa shape index (κ2) is 11.2. The lowest BCUT2D eigenvalue weighted by molar-refractivity contribution is -0.148. The van der Waals surface area contributed by atoms with Crippen LogP contribution in [0.2, 0.25) is 0 Å². The molecule has 1 aromatic carbocycles. The van der Waals surface area contributed by atoms with Crippen LogP contribution in [0.15, 0.2) is 24.3 Å². The van der Waals surface area contributed by atoms with E-state index in [1.165, 1.54) is 0 Å². The highest BCUT2D eigenvalue weighted by atomic mass is 16.5. The monoisotopic (exact) mass is 403 g/mol. The van der Waals surface area contributed by atoms with Crippen LogP contribution >= 0.6 is 0 Å². The van der Waals surface area contributed by atoms with Gasteiger partial charge in [-0.2, -0.15) is 0 Å². The Balaban J connectivity index is 1.61. The summed E-state index contributed by atoms with van der Waals surface area (Å²) < 4.78 is 4.84. The molecule has 0 saturated heterocycles. The zero-order valence-corrected chi connectivity index (χ0v) is 17.0. The number of amides is 4. The third kappa shape index (κ3) is 7.56. The van der Waals surface area contributed by atoms with E-state index in [-0.39, 0.29) is 24.9 Å². The molecule has 3 N–H and O–H groups in total. The Morgan fingerprint density at radius 2 is 1.83 bits per heavy atom. The molecule has 8 nitrogen and oxygen atoms in total. The maximum absolute atomic E-state index is 12.0. The van der Waals surface area contributed by atoms with E-state index in [1.807, 2.05) is 19.1 Å². The molecule has 1 aromatic rings.